The first-order chi connectivity index (χ1) is 37.9. The second kappa shape index (κ2) is 18.7. The van der Waals surface area contributed by atoms with Crippen molar-refractivity contribution in [3.63, 3.8) is 0 Å². The van der Waals surface area contributed by atoms with Crippen molar-refractivity contribution in [1.82, 2.24) is 0 Å². The van der Waals surface area contributed by atoms with Crippen LogP contribution in [-0.4, -0.2) is 0 Å². The van der Waals surface area contributed by atoms with Crippen LogP contribution in [0.25, 0.3) is 76.6 Å². The Hall–Kier alpha value is -7.76. The number of hydrogen-bond acceptors (Lipinski definition) is 5. The number of aryl methyl sites for hydroxylation is 1. The fourth-order valence-corrected chi connectivity index (χ4v) is 13.8. The van der Waals surface area contributed by atoms with Crippen molar-refractivity contribution in [2.75, 3.05) is 9.80 Å². The van der Waals surface area contributed by atoms with Gasteiger partial charge in [0.05, 0.1) is 28.1 Å². The molecule has 0 amide bonds. The maximum Gasteiger partial charge on any atom is 0.162 e. The van der Waals surface area contributed by atoms with E-state index in [4.69, 9.17) is 13.3 Å². The highest BCUT2D eigenvalue weighted by Gasteiger charge is 2.33. The van der Waals surface area contributed by atoms with E-state index in [2.05, 4.69) is 222 Å². The lowest BCUT2D eigenvalue weighted by Crippen LogP contribution is -2.15. The molecule has 9 aromatic carbocycles. The maximum atomic E-state index is 7.55. The molecule has 0 unspecified atom stereocenters. The summed E-state index contributed by atoms with van der Waals surface area (Å²) in [6, 6.07) is 61.3. The van der Waals surface area contributed by atoms with Gasteiger partial charge in [0, 0.05) is 60.2 Å². The van der Waals surface area contributed by atoms with Gasteiger partial charge in [0.15, 0.2) is 16.7 Å². The van der Waals surface area contributed by atoms with Crippen LogP contribution in [-0.2, 0) is 10.8 Å². The highest BCUT2D eigenvalue weighted by Crippen LogP contribution is 2.56. The van der Waals surface area contributed by atoms with Gasteiger partial charge >= 0.3 is 0 Å². The van der Waals surface area contributed by atoms with Gasteiger partial charge in [0.1, 0.15) is 16.7 Å². The molecule has 2 saturated carbocycles. The second-order valence-electron chi connectivity index (χ2n) is 24.9. The zero-order valence-corrected chi connectivity index (χ0v) is 46.4. The van der Waals surface area contributed by atoms with Gasteiger partial charge in [-0.3, -0.25) is 0 Å². The van der Waals surface area contributed by atoms with E-state index in [0.717, 1.165) is 111 Å². The molecule has 0 bridgehead atoms. The fraction of sp³-hybridized carbons (Fsp3) is 0.288. The number of benzene rings is 9. The Bertz CT molecular complexity index is 4260. The molecular formula is C73H70N2O3. The molecular weight excluding hydrogens is 953 g/mol. The van der Waals surface area contributed by atoms with Crippen LogP contribution in [0.1, 0.15) is 145 Å². The number of rotatable bonds is 8. The first-order valence-corrected chi connectivity index (χ1v) is 29.0. The van der Waals surface area contributed by atoms with Crippen molar-refractivity contribution in [3.05, 3.63) is 192 Å². The standard InChI is InChI=1S/C73H70N2O3/c1-45-34-43-63-58(44-45)64-65(74(50-39-35-48(36-40-50)46-20-10-8-11-21-46)61-32-18-28-56-54-26-16-30-59(72(2,3)4)67(54)77-69(56)61)52-24-14-15-25-53(52)66(71(64)76-63)75(51-41-37-49(38-42-51)47-22-12-9-13-23-47)62-33-19-29-57-55-27-17-31-60(73(5,6)7)68(55)78-70(57)62/h14-19,24-44,46-47H,8-13,20-23H2,1-7H3. The lowest BCUT2D eigenvalue weighted by Gasteiger charge is -2.32. The third kappa shape index (κ3) is 8.01. The molecule has 0 radical (unpaired) electrons. The van der Waals surface area contributed by atoms with E-state index < -0.39 is 0 Å². The summed E-state index contributed by atoms with van der Waals surface area (Å²) in [5, 5.41) is 8.69. The molecule has 0 aliphatic heterocycles. The molecule has 0 saturated heterocycles. The second-order valence-corrected chi connectivity index (χ2v) is 24.9. The predicted octanol–water partition coefficient (Wildman–Crippen LogP) is 22.5. The topological polar surface area (TPSA) is 45.9 Å². The SMILES string of the molecule is Cc1ccc2oc3c(N(c4ccc(C5CCCCC5)cc4)c4cccc5c4oc4c(C(C)(C)C)cccc45)c4ccccc4c(N(c4ccc(C5CCCCC5)cc4)c4cccc5c4oc4c(C(C)(C)C)cccc45)c3c2c1. The van der Waals surface area contributed by atoms with Crippen LogP contribution in [0.15, 0.2) is 177 Å². The van der Waals surface area contributed by atoms with Gasteiger partial charge in [-0.15, -0.1) is 0 Å². The Kier molecular flexibility index (Phi) is 11.7. The Balaban J connectivity index is 1.10. The molecule has 3 heterocycles. The largest absolute Gasteiger partial charge is 0.454 e. The molecule has 14 rings (SSSR count). The molecule has 5 nitrogen and oxygen atoms in total. The summed E-state index contributed by atoms with van der Waals surface area (Å²) in [5.41, 5.74) is 17.4. The van der Waals surface area contributed by atoms with Crippen LogP contribution in [0.4, 0.5) is 34.1 Å². The van der Waals surface area contributed by atoms with E-state index in [1.165, 1.54) is 92.0 Å². The Morgan fingerprint density at radius 1 is 0.372 bits per heavy atom. The van der Waals surface area contributed by atoms with Crippen LogP contribution in [0.3, 0.4) is 0 Å². The number of anilines is 6. The summed E-state index contributed by atoms with van der Waals surface area (Å²) in [4.78, 5) is 4.95. The van der Waals surface area contributed by atoms with Crippen molar-refractivity contribution in [3.8, 4) is 0 Å². The quantitative estimate of drug-likeness (QED) is 0.142. The molecule has 5 heteroatoms. The summed E-state index contributed by atoms with van der Waals surface area (Å²) >= 11 is 0. The number of fused-ring (bicyclic) bond motifs is 10. The van der Waals surface area contributed by atoms with Gasteiger partial charge in [0.2, 0.25) is 0 Å². The van der Waals surface area contributed by atoms with E-state index in [0.29, 0.717) is 11.8 Å². The molecule has 390 valence electrons. The number of furan rings is 3. The monoisotopic (exact) mass is 1020 g/mol. The summed E-state index contributed by atoms with van der Waals surface area (Å²) in [7, 11) is 0. The molecule has 3 aromatic heterocycles. The zero-order valence-electron chi connectivity index (χ0n) is 46.4. The smallest absolute Gasteiger partial charge is 0.162 e. The molecule has 78 heavy (non-hydrogen) atoms. The highest BCUT2D eigenvalue weighted by molar-refractivity contribution is 6.29. The van der Waals surface area contributed by atoms with Crippen LogP contribution in [0, 0.1) is 6.92 Å². The Morgan fingerprint density at radius 3 is 1.27 bits per heavy atom. The van der Waals surface area contributed by atoms with Gasteiger partial charge in [-0.2, -0.15) is 0 Å². The van der Waals surface area contributed by atoms with Crippen molar-refractivity contribution in [1.29, 1.82) is 0 Å². The first-order valence-electron chi connectivity index (χ1n) is 29.0. The van der Waals surface area contributed by atoms with Crippen LogP contribution < -0.4 is 9.80 Å². The van der Waals surface area contributed by atoms with E-state index in [1.807, 2.05) is 0 Å². The normalized spacial score (nSPS) is 15.3. The summed E-state index contributed by atoms with van der Waals surface area (Å²) in [6.07, 6.45) is 12.8. The van der Waals surface area contributed by atoms with Crippen molar-refractivity contribution >= 4 is 111 Å². The third-order valence-electron chi connectivity index (χ3n) is 17.7. The van der Waals surface area contributed by atoms with E-state index in [1.54, 1.807) is 0 Å². The summed E-state index contributed by atoms with van der Waals surface area (Å²) in [5.74, 6) is 1.14. The van der Waals surface area contributed by atoms with Gasteiger partial charge in [0.25, 0.3) is 0 Å². The number of nitrogens with zero attached hydrogens (tertiary/aromatic N) is 2. The van der Waals surface area contributed by atoms with Crippen LogP contribution in [0.5, 0.6) is 0 Å². The van der Waals surface area contributed by atoms with Crippen molar-refractivity contribution in [2.45, 2.75) is 135 Å². The van der Waals surface area contributed by atoms with E-state index in [-0.39, 0.29) is 10.8 Å². The third-order valence-corrected chi connectivity index (χ3v) is 17.7. The fourth-order valence-electron chi connectivity index (χ4n) is 13.8. The number of hydrogen-bond donors (Lipinski definition) is 0. The minimum absolute atomic E-state index is 0.127. The lowest BCUT2D eigenvalue weighted by atomic mass is 9.84. The molecule has 0 atom stereocenters. The highest BCUT2D eigenvalue weighted by atomic mass is 16.3. The Labute approximate surface area is 458 Å². The predicted molar refractivity (Wildman–Crippen MR) is 329 cm³/mol. The van der Waals surface area contributed by atoms with Gasteiger partial charge in [-0.05, 0) is 115 Å². The van der Waals surface area contributed by atoms with Gasteiger partial charge in [-0.1, -0.05) is 201 Å². The van der Waals surface area contributed by atoms with Crippen LogP contribution >= 0.6 is 0 Å². The molecule has 0 N–H and O–H groups in total. The summed E-state index contributed by atoms with van der Waals surface area (Å²) < 4.78 is 22.2. The minimum Gasteiger partial charge on any atom is -0.454 e. The average molecular weight is 1020 g/mol. The molecule has 2 aliphatic rings. The molecule has 12 aromatic rings. The molecule has 2 aliphatic carbocycles. The van der Waals surface area contributed by atoms with E-state index in [9.17, 15) is 0 Å². The van der Waals surface area contributed by atoms with Crippen molar-refractivity contribution in [2.24, 2.45) is 0 Å². The minimum atomic E-state index is -0.129. The summed E-state index contributed by atoms with van der Waals surface area (Å²) in [6.45, 7) is 15.8. The van der Waals surface area contributed by atoms with Crippen molar-refractivity contribution < 1.29 is 13.3 Å². The maximum absolute atomic E-state index is 7.55. The average Bonchev–Trinajstić information content (AvgIpc) is 4.10. The van der Waals surface area contributed by atoms with E-state index >= 15 is 0 Å². The Morgan fingerprint density at radius 2 is 0.795 bits per heavy atom. The zero-order chi connectivity index (χ0) is 53.0. The van der Waals surface area contributed by atoms with Gasteiger partial charge < -0.3 is 23.1 Å². The van der Waals surface area contributed by atoms with Crippen LogP contribution in [0.2, 0.25) is 0 Å². The molecule has 2 fully saturated rings. The molecule has 0 spiro atoms. The number of para-hydroxylation sites is 4. The lowest BCUT2D eigenvalue weighted by molar-refractivity contribution is 0.443. The van der Waals surface area contributed by atoms with Gasteiger partial charge in [-0.25, -0.2) is 0 Å². The first kappa shape index (κ1) is 48.6.